The van der Waals surface area contributed by atoms with E-state index >= 15 is 0 Å². The van der Waals surface area contributed by atoms with Gasteiger partial charge in [0.1, 0.15) is 0 Å². The van der Waals surface area contributed by atoms with Crippen LogP contribution in [0.5, 0.6) is 0 Å². The van der Waals surface area contributed by atoms with E-state index < -0.39 is 0 Å². The van der Waals surface area contributed by atoms with E-state index in [4.69, 9.17) is 9.15 Å². The molecule has 2 heteroatoms. The zero-order valence-corrected chi connectivity index (χ0v) is 7.54. The molecule has 2 heterocycles. The van der Waals surface area contributed by atoms with Gasteiger partial charge in [-0.2, -0.15) is 0 Å². The number of hydrogen-bond acceptors (Lipinski definition) is 2. The minimum absolute atomic E-state index is 0.545. The Balaban J connectivity index is 2.24. The predicted molar refractivity (Wildman–Crippen MR) is 46.2 cm³/mol. The first-order chi connectivity index (χ1) is 5.79. The van der Waals surface area contributed by atoms with Crippen molar-refractivity contribution in [3.05, 3.63) is 23.7 Å². The molecule has 0 unspecified atom stereocenters. The van der Waals surface area contributed by atoms with Crippen LogP contribution in [0.2, 0.25) is 0 Å². The van der Waals surface area contributed by atoms with Gasteiger partial charge in [0.25, 0.3) is 0 Å². The molecule has 0 radical (unpaired) electrons. The van der Waals surface area contributed by atoms with Crippen LogP contribution in [0, 0.1) is 12.8 Å². The van der Waals surface area contributed by atoms with Crippen molar-refractivity contribution in [2.45, 2.75) is 19.8 Å². The Morgan fingerprint density at radius 2 is 2.17 bits per heavy atom. The van der Waals surface area contributed by atoms with Gasteiger partial charge in [-0.1, -0.05) is 6.92 Å². The maximum Gasteiger partial charge on any atom is 0.0941 e. The molecule has 2 rings (SSSR count). The fourth-order valence-electron chi connectivity index (χ4n) is 1.81. The average molecular weight is 166 g/mol. The van der Waals surface area contributed by atoms with Gasteiger partial charge in [-0.05, 0) is 24.0 Å². The summed E-state index contributed by atoms with van der Waals surface area (Å²) in [6.07, 6.45) is 3.66. The lowest BCUT2D eigenvalue weighted by molar-refractivity contribution is 0.186. The Kier molecular flexibility index (Phi) is 1.93. The Bertz CT molecular complexity index is 265. The van der Waals surface area contributed by atoms with Gasteiger partial charge in [-0.25, -0.2) is 0 Å². The van der Waals surface area contributed by atoms with E-state index in [1.807, 2.05) is 6.26 Å². The molecule has 0 spiro atoms. The lowest BCUT2D eigenvalue weighted by Crippen LogP contribution is -2.06. The molecule has 0 N–H and O–H groups in total. The highest BCUT2D eigenvalue weighted by atomic mass is 16.5. The molecule has 0 amide bonds. The second-order valence-corrected chi connectivity index (χ2v) is 3.63. The molecule has 0 aliphatic carbocycles. The number of furan rings is 1. The Morgan fingerprint density at radius 3 is 2.67 bits per heavy atom. The molecule has 1 aliphatic rings. The van der Waals surface area contributed by atoms with Crippen molar-refractivity contribution < 1.29 is 9.15 Å². The summed E-state index contributed by atoms with van der Waals surface area (Å²) in [6, 6.07) is 0. The SMILES string of the molecule is Cc1cocc1[C@@H]1COC[C@@H]1C. The molecule has 12 heavy (non-hydrogen) atoms. The first-order valence-corrected chi connectivity index (χ1v) is 4.39. The third-order valence-corrected chi connectivity index (χ3v) is 2.66. The summed E-state index contributed by atoms with van der Waals surface area (Å²) in [5, 5.41) is 0. The summed E-state index contributed by atoms with van der Waals surface area (Å²) < 4.78 is 10.6. The molecule has 1 aromatic rings. The highest BCUT2D eigenvalue weighted by Gasteiger charge is 2.27. The quantitative estimate of drug-likeness (QED) is 0.639. The van der Waals surface area contributed by atoms with Crippen LogP contribution in [-0.2, 0) is 4.74 Å². The summed E-state index contributed by atoms with van der Waals surface area (Å²) in [5.74, 6) is 1.17. The van der Waals surface area contributed by atoms with Gasteiger partial charge in [0.05, 0.1) is 19.1 Å². The van der Waals surface area contributed by atoms with E-state index in [0.29, 0.717) is 11.8 Å². The highest BCUT2D eigenvalue weighted by molar-refractivity contribution is 5.25. The third kappa shape index (κ3) is 1.16. The largest absolute Gasteiger partial charge is 0.472 e. The normalized spacial score (nSPS) is 29.5. The van der Waals surface area contributed by atoms with Gasteiger partial charge in [-0.3, -0.25) is 0 Å². The van der Waals surface area contributed by atoms with Crippen molar-refractivity contribution in [1.82, 2.24) is 0 Å². The van der Waals surface area contributed by atoms with Crippen LogP contribution in [0.15, 0.2) is 16.9 Å². The monoisotopic (exact) mass is 166 g/mol. The zero-order chi connectivity index (χ0) is 8.55. The van der Waals surface area contributed by atoms with Gasteiger partial charge in [-0.15, -0.1) is 0 Å². The van der Waals surface area contributed by atoms with Gasteiger partial charge in [0.15, 0.2) is 0 Å². The number of aryl methyl sites for hydroxylation is 1. The standard InChI is InChI=1S/C10H14O2/c1-7-3-11-5-9(7)10-6-12-4-8(10)2/h3,5,8,10H,4,6H2,1-2H3/t8-,10+/m0/s1. The van der Waals surface area contributed by atoms with Gasteiger partial charge < -0.3 is 9.15 Å². The maximum absolute atomic E-state index is 5.41. The molecule has 2 nitrogen and oxygen atoms in total. The van der Waals surface area contributed by atoms with E-state index in [1.54, 1.807) is 6.26 Å². The van der Waals surface area contributed by atoms with Crippen LogP contribution in [0.3, 0.4) is 0 Å². The number of hydrogen-bond donors (Lipinski definition) is 0. The van der Waals surface area contributed by atoms with E-state index in [-0.39, 0.29) is 0 Å². The molecule has 1 aromatic heterocycles. The lowest BCUT2D eigenvalue weighted by atomic mass is 9.90. The Labute approximate surface area is 72.5 Å². The second-order valence-electron chi connectivity index (χ2n) is 3.63. The molecule has 0 saturated carbocycles. The van der Waals surface area contributed by atoms with E-state index in [0.717, 1.165) is 13.2 Å². The van der Waals surface area contributed by atoms with Gasteiger partial charge in [0.2, 0.25) is 0 Å². The van der Waals surface area contributed by atoms with Gasteiger partial charge in [0, 0.05) is 12.5 Å². The summed E-state index contributed by atoms with van der Waals surface area (Å²) in [6.45, 7) is 6.05. The van der Waals surface area contributed by atoms with Crippen molar-refractivity contribution >= 4 is 0 Å². The summed E-state index contributed by atoms with van der Waals surface area (Å²) in [5.41, 5.74) is 2.57. The van der Waals surface area contributed by atoms with Crippen LogP contribution in [0.25, 0.3) is 0 Å². The first kappa shape index (κ1) is 7.87. The molecule has 1 aliphatic heterocycles. The molecule has 2 atom stereocenters. The van der Waals surface area contributed by atoms with Crippen LogP contribution >= 0.6 is 0 Å². The fraction of sp³-hybridized carbons (Fsp3) is 0.600. The number of rotatable bonds is 1. The molecule has 0 bridgehead atoms. The summed E-state index contributed by atoms with van der Waals surface area (Å²) in [4.78, 5) is 0. The molecular formula is C10H14O2. The van der Waals surface area contributed by atoms with Crippen molar-refractivity contribution in [1.29, 1.82) is 0 Å². The zero-order valence-electron chi connectivity index (χ0n) is 7.54. The highest BCUT2D eigenvalue weighted by Crippen LogP contribution is 2.32. The second kappa shape index (κ2) is 2.94. The van der Waals surface area contributed by atoms with E-state index in [9.17, 15) is 0 Å². The number of ether oxygens (including phenoxy) is 1. The molecule has 1 saturated heterocycles. The minimum atomic E-state index is 0.545. The van der Waals surface area contributed by atoms with E-state index in [2.05, 4.69) is 13.8 Å². The molecule has 1 fully saturated rings. The lowest BCUT2D eigenvalue weighted by Gasteiger charge is -2.11. The first-order valence-electron chi connectivity index (χ1n) is 4.39. The smallest absolute Gasteiger partial charge is 0.0941 e. The fourth-order valence-corrected chi connectivity index (χ4v) is 1.81. The average Bonchev–Trinajstić information content (AvgIpc) is 2.59. The topological polar surface area (TPSA) is 22.4 Å². The van der Waals surface area contributed by atoms with Crippen molar-refractivity contribution in [2.75, 3.05) is 13.2 Å². The third-order valence-electron chi connectivity index (χ3n) is 2.66. The van der Waals surface area contributed by atoms with Crippen LogP contribution < -0.4 is 0 Å². The predicted octanol–water partition coefficient (Wildman–Crippen LogP) is 2.34. The van der Waals surface area contributed by atoms with Crippen LogP contribution in [-0.4, -0.2) is 13.2 Å². The molecule has 66 valence electrons. The Morgan fingerprint density at radius 1 is 1.33 bits per heavy atom. The van der Waals surface area contributed by atoms with E-state index in [1.165, 1.54) is 11.1 Å². The van der Waals surface area contributed by atoms with Gasteiger partial charge >= 0.3 is 0 Å². The Hall–Kier alpha value is -0.760. The van der Waals surface area contributed by atoms with Crippen LogP contribution in [0.1, 0.15) is 24.0 Å². The maximum atomic E-state index is 5.41. The van der Waals surface area contributed by atoms with Crippen molar-refractivity contribution in [3.63, 3.8) is 0 Å². The molecule has 0 aromatic carbocycles. The minimum Gasteiger partial charge on any atom is -0.472 e. The van der Waals surface area contributed by atoms with Crippen molar-refractivity contribution in [2.24, 2.45) is 5.92 Å². The summed E-state index contributed by atoms with van der Waals surface area (Å²) >= 11 is 0. The van der Waals surface area contributed by atoms with Crippen molar-refractivity contribution in [3.8, 4) is 0 Å². The summed E-state index contributed by atoms with van der Waals surface area (Å²) in [7, 11) is 0. The molecular weight excluding hydrogens is 152 g/mol. The van der Waals surface area contributed by atoms with Crippen LogP contribution in [0.4, 0.5) is 0 Å².